The molecule has 100 valence electrons. The second-order valence-corrected chi connectivity index (χ2v) is 4.37. The van der Waals surface area contributed by atoms with Crippen LogP contribution in [0.2, 0.25) is 0 Å². The first-order valence-corrected chi connectivity index (χ1v) is 6.19. The van der Waals surface area contributed by atoms with Gasteiger partial charge in [-0.15, -0.1) is 0 Å². The predicted octanol–water partition coefficient (Wildman–Crippen LogP) is 2.04. The number of hydrogen-bond acceptors (Lipinski definition) is 3. The molecule has 19 heavy (non-hydrogen) atoms. The lowest BCUT2D eigenvalue weighted by molar-refractivity contribution is -0.115. The minimum Gasteiger partial charge on any atom is -0.491 e. The molecule has 5 nitrogen and oxygen atoms in total. The monoisotopic (exact) mass is 260 g/mol. The molecule has 0 saturated carbocycles. The maximum absolute atomic E-state index is 11.4. The highest BCUT2D eigenvalue weighted by molar-refractivity contribution is 6.13. The lowest BCUT2D eigenvalue weighted by Crippen LogP contribution is -2.22. The van der Waals surface area contributed by atoms with Gasteiger partial charge in [0.15, 0.2) is 0 Å². The third-order valence-electron chi connectivity index (χ3n) is 2.82. The molecule has 2 N–H and O–H groups in total. The fourth-order valence-electron chi connectivity index (χ4n) is 1.61. The van der Waals surface area contributed by atoms with Crippen molar-refractivity contribution in [1.82, 2.24) is 10.6 Å². The van der Waals surface area contributed by atoms with Gasteiger partial charge in [-0.3, -0.25) is 10.1 Å². The van der Waals surface area contributed by atoms with Crippen molar-refractivity contribution in [3.63, 3.8) is 0 Å². The lowest BCUT2D eigenvalue weighted by atomic mass is 10.2. The zero-order valence-electron chi connectivity index (χ0n) is 10.9. The van der Waals surface area contributed by atoms with Crippen molar-refractivity contribution in [2.24, 2.45) is 0 Å². The van der Waals surface area contributed by atoms with Crippen molar-refractivity contribution in [3.05, 3.63) is 35.5 Å². The van der Waals surface area contributed by atoms with Gasteiger partial charge < -0.3 is 10.1 Å². The van der Waals surface area contributed by atoms with Crippen LogP contribution in [0.15, 0.2) is 30.0 Å². The van der Waals surface area contributed by atoms with Gasteiger partial charge in [-0.2, -0.15) is 0 Å². The second-order valence-electron chi connectivity index (χ2n) is 4.37. The largest absolute Gasteiger partial charge is 0.491 e. The molecule has 0 aliphatic carbocycles. The SMILES string of the molecule is CCC(C)Oc1ccc(/C=C2\NC(=O)NC2=O)cc1. The molecule has 0 radical (unpaired) electrons. The molecule has 0 bridgehead atoms. The highest BCUT2D eigenvalue weighted by atomic mass is 16.5. The molecule has 1 aromatic carbocycles. The molecule has 1 aliphatic heterocycles. The van der Waals surface area contributed by atoms with Gasteiger partial charge in [-0.1, -0.05) is 19.1 Å². The summed E-state index contributed by atoms with van der Waals surface area (Å²) in [4.78, 5) is 22.3. The maximum atomic E-state index is 11.4. The van der Waals surface area contributed by atoms with Crippen LogP contribution in [-0.4, -0.2) is 18.0 Å². The van der Waals surface area contributed by atoms with Crippen molar-refractivity contribution in [1.29, 1.82) is 0 Å². The summed E-state index contributed by atoms with van der Waals surface area (Å²) in [5, 5.41) is 4.59. The van der Waals surface area contributed by atoms with Crippen LogP contribution in [0.3, 0.4) is 0 Å². The van der Waals surface area contributed by atoms with E-state index >= 15 is 0 Å². The molecule has 2 rings (SSSR count). The molecule has 1 unspecified atom stereocenters. The first-order chi connectivity index (χ1) is 9.08. The predicted molar refractivity (Wildman–Crippen MR) is 71.5 cm³/mol. The smallest absolute Gasteiger partial charge is 0.326 e. The summed E-state index contributed by atoms with van der Waals surface area (Å²) >= 11 is 0. The zero-order chi connectivity index (χ0) is 13.8. The highest BCUT2D eigenvalue weighted by Crippen LogP contribution is 2.16. The quantitative estimate of drug-likeness (QED) is 0.643. The van der Waals surface area contributed by atoms with Crippen LogP contribution in [0.25, 0.3) is 6.08 Å². The fraction of sp³-hybridized carbons (Fsp3) is 0.286. The van der Waals surface area contributed by atoms with E-state index in [-0.39, 0.29) is 11.8 Å². The number of rotatable bonds is 4. The summed E-state index contributed by atoms with van der Waals surface area (Å²) in [6.45, 7) is 4.07. The van der Waals surface area contributed by atoms with Crippen LogP contribution >= 0.6 is 0 Å². The number of hydrogen-bond donors (Lipinski definition) is 2. The Morgan fingerprint density at radius 1 is 1.21 bits per heavy atom. The number of ether oxygens (including phenoxy) is 1. The summed E-state index contributed by atoms with van der Waals surface area (Å²) in [6.07, 6.45) is 2.73. The summed E-state index contributed by atoms with van der Waals surface area (Å²) < 4.78 is 5.66. The molecule has 1 fully saturated rings. The van der Waals surface area contributed by atoms with Gasteiger partial charge >= 0.3 is 6.03 Å². The number of benzene rings is 1. The number of urea groups is 1. The highest BCUT2D eigenvalue weighted by Gasteiger charge is 2.22. The van der Waals surface area contributed by atoms with E-state index < -0.39 is 11.9 Å². The average Bonchev–Trinajstić information content (AvgIpc) is 2.70. The lowest BCUT2D eigenvalue weighted by Gasteiger charge is -2.12. The van der Waals surface area contributed by atoms with Gasteiger partial charge in [0, 0.05) is 0 Å². The Hall–Kier alpha value is -2.30. The van der Waals surface area contributed by atoms with E-state index in [1.54, 1.807) is 6.08 Å². The summed E-state index contributed by atoms with van der Waals surface area (Å²) in [7, 11) is 0. The van der Waals surface area contributed by atoms with Crippen LogP contribution in [-0.2, 0) is 4.79 Å². The van der Waals surface area contributed by atoms with Gasteiger partial charge in [0.25, 0.3) is 5.91 Å². The van der Waals surface area contributed by atoms with Crippen LogP contribution < -0.4 is 15.4 Å². The normalized spacial score (nSPS) is 18.1. The molecule has 0 aromatic heterocycles. The first kappa shape index (κ1) is 13.1. The molecular formula is C14H16N2O3. The van der Waals surface area contributed by atoms with Crippen molar-refractivity contribution in [2.75, 3.05) is 0 Å². The van der Waals surface area contributed by atoms with Crippen molar-refractivity contribution < 1.29 is 14.3 Å². The van der Waals surface area contributed by atoms with Crippen LogP contribution in [0.5, 0.6) is 5.75 Å². The zero-order valence-corrected chi connectivity index (χ0v) is 10.9. The van der Waals surface area contributed by atoms with Gasteiger partial charge in [-0.05, 0) is 37.1 Å². The van der Waals surface area contributed by atoms with Crippen molar-refractivity contribution >= 4 is 18.0 Å². The van der Waals surface area contributed by atoms with E-state index in [2.05, 4.69) is 17.6 Å². The second kappa shape index (κ2) is 5.56. The van der Waals surface area contributed by atoms with E-state index in [9.17, 15) is 9.59 Å². The van der Waals surface area contributed by atoms with Gasteiger partial charge in [0.05, 0.1) is 6.10 Å². The van der Waals surface area contributed by atoms with E-state index in [1.165, 1.54) is 0 Å². The number of carbonyl (C=O) groups excluding carboxylic acids is 2. The molecular weight excluding hydrogens is 244 g/mol. The summed E-state index contributed by atoms with van der Waals surface area (Å²) in [5.41, 5.74) is 1.07. The Labute approximate surface area is 111 Å². The number of amides is 3. The van der Waals surface area contributed by atoms with Crippen molar-refractivity contribution in [3.8, 4) is 5.75 Å². The standard InChI is InChI=1S/C14H16N2O3/c1-3-9(2)19-11-6-4-10(5-7-11)8-12-13(17)16-14(18)15-12/h4-9H,3H2,1-2H3,(H2,15,16,17,18)/b12-8-. The molecule has 1 saturated heterocycles. The van der Waals surface area contributed by atoms with Gasteiger partial charge in [0.2, 0.25) is 0 Å². The summed E-state index contributed by atoms with van der Waals surface area (Å²) in [6, 6.07) is 6.86. The molecule has 1 atom stereocenters. The number of nitrogens with one attached hydrogen (secondary N) is 2. The minimum atomic E-state index is -0.493. The topological polar surface area (TPSA) is 67.4 Å². The van der Waals surface area contributed by atoms with E-state index in [4.69, 9.17) is 4.74 Å². The van der Waals surface area contributed by atoms with Crippen molar-refractivity contribution in [2.45, 2.75) is 26.4 Å². The molecule has 1 aromatic rings. The molecule has 3 amide bonds. The third kappa shape index (κ3) is 3.34. The molecule has 0 spiro atoms. The third-order valence-corrected chi connectivity index (χ3v) is 2.82. The van der Waals surface area contributed by atoms with E-state index in [0.717, 1.165) is 17.7 Å². The Morgan fingerprint density at radius 3 is 2.42 bits per heavy atom. The van der Waals surface area contributed by atoms with E-state index in [0.29, 0.717) is 0 Å². The molecule has 1 aliphatic rings. The Balaban J connectivity index is 2.09. The minimum absolute atomic E-state index is 0.170. The summed E-state index contributed by atoms with van der Waals surface area (Å²) in [5.74, 6) is 0.376. The molecule has 1 heterocycles. The Morgan fingerprint density at radius 2 is 1.89 bits per heavy atom. The van der Waals surface area contributed by atoms with Gasteiger partial charge in [-0.25, -0.2) is 4.79 Å². The van der Waals surface area contributed by atoms with E-state index in [1.807, 2.05) is 31.2 Å². The van der Waals surface area contributed by atoms with Crippen LogP contribution in [0, 0.1) is 0 Å². The maximum Gasteiger partial charge on any atom is 0.326 e. The number of carbonyl (C=O) groups is 2. The number of imide groups is 1. The Bertz CT molecular complexity index is 520. The Kier molecular flexibility index (Phi) is 3.85. The fourth-order valence-corrected chi connectivity index (χ4v) is 1.61. The first-order valence-electron chi connectivity index (χ1n) is 6.19. The van der Waals surface area contributed by atoms with Crippen LogP contribution in [0.4, 0.5) is 4.79 Å². The van der Waals surface area contributed by atoms with Gasteiger partial charge in [0.1, 0.15) is 11.4 Å². The van der Waals surface area contributed by atoms with Crippen LogP contribution in [0.1, 0.15) is 25.8 Å². The average molecular weight is 260 g/mol. The molecule has 5 heteroatoms.